The van der Waals surface area contributed by atoms with Crippen LogP contribution in [0.3, 0.4) is 0 Å². The molecule has 3 saturated carbocycles. The lowest BCUT2D eigenvalue weighted by Crippen LogP contribution is -2.51. The van der Waals surface area contributed by atoms with Crippen LogP contribution in [0.25, 0.3) is 22.1 Å². The summed E-state index contributed by atoms with van der Waals surface area (Å²) in [5.74, 6) is 5.48. The van der Waals surface area contributed by atoms with Gasteiger partial charge in [-0.05, 0) is 115 Å². The summed E-state index contributed by atoms with van der Waals surface area (Å²) < 4.78 is 17.9. The van der Waals surface area contributed by atoms with Crippen molar-refractivity contribution in [1.29, 1.82) is 0 Å². The van der Waals surface area contributed by atoms with Gasteiger partial charge in [-0.25, -0.2) is 4.79 Å². The second-order valence-electron chi connectivity index (χ2n) is 18.5. The molecule has 3 aromatic rings. The van der Waals surface area contributed by atoms with E-state index in [1.807, 2.05) is 36.4 Å². The zero-order valence-corrected chi connectivity index (χ0v) is 33.3. The minimum absolute atomic E-state index is 0.0611. The topological polar surface area (TPSA) is 81.0 Å². The molecule has 1 N–H and O–H groups in total. The highest BCUT2D eigenvalue weighted by Gasteiger charge is 2.59. The Balaban J connectivity index is 0.893. The maximum atomic E-state index is 13.2. The fourth-order valence-electron chi connectivity index (χ4n) is 12.1. The van der Waals surface area contributed by atoms with Crippen molar-refractivity contribution in [3.8, 4) is 11.1 Å². The van der Waals surface area contributed by atoms with Gasteiger partial charge in [-0.3, -0.25) is 10.1 Å². The number of morpholine rings is 1. The summed E-state index contributed by atoms with van der Waals surface area (Å²) in [4.78, 5) is 28.4. The Morgan fingerprint density at radius 3 is 2.54 bits per heavy atom. The number of nitrogens with zero attached hydrogens (tertiary/aromatic N) is 1. The van der Waals surface area contributed by atoms with Gasteiger partial charge in [-0.1, -0.05) is 89.8 Å². The van der Waals surface area contributed by atoms with E-state index in [1.165, 1.54) is 56.9 Å². The monoisotopic (exact) mass is 734 g/mol. The second-order valence-corrected chi connectivity index (χ2v) is 18.5. The van der Waals surface area contributed by atoms with E-state index < -0.39 is 6.09 Å². The summed E-state index contributed by atoms with van der Waals surface area (Å²) in [6, 6.07) is 14.9. The number of allylic oxidation sites excluding steroid dienone is 1. The molecule has 7 heteroatoms. The van der Waals surface area contributed by atoms with Gasteiger partial charge in [0.25, 0.3) is 0 Å². The molecule has 290 valence electrons. The lowest BCUT2D eigenvalue weighted by atomic mass is 9.47. The molecule has 5 unspecified atom stereocenters. The highest BCUT2D eigenvalue weighted by Crippen LogP contribution is 2.67. The van der Waals surface area contributed by atoms with E-state index in [-0.39, 0.29) is 16.9 Å². The van der Waals surface area contributed by atoms with Gasteiger partial charge in [0.2, 0.25) is 0 Å². The number of rotatable bonds is 9. The molecule has 0 spiro atoms. The van der Waals surface area contributed by atoms with Crippen molar-refractivity contribution in [1.82, 2.24) is 0 Å². The van der Waals surface area contributed by atoms with Gasteiger partial charge >= 0.3 is 6.09 Å². The van der Waals surface area contributed by atoms with Crippen molar-refractivity contribution in [3.05, 3.63) is 70.4 Å². The highest BCUT2D eigenvalue weighted by molar-refractivity contribution is 5.93. The fourth-order valence-corrected chi connectivity index (χ4v) is 12.1. The third-order valence-corrected chi connectivity index (χ3v) is 15.0. The van der Waals surface area contributed by atoms with Crippen molar-refractivity contribution < 1.29 is 18.7 Å². The van der Waals surface area contributed by atoms with Gasteiger partial charge in [-0.2, -0.15) is 0 Å². The molecule has 7 nitrogen and oxygen atoms in total. The third-order valence-electron chi connectivity index (χ3n) is 15.0. The Hall–Kier alpha value is -3.58. The average molecular weight is 735 g/mol. The zero-order chi connectivity index (χ0) is 37.6. The molecule has 2 aromatic carbocycles. The summed E-state index contributed by atoms with van der Waals surface area (Å²) in [7, 11) is 0. The van der Waals surface area contributed by atoms with Crippen LogP contribution in [-0.2, 0) is 9.47 Å². The maximum absolute atomic E-state index is 13.2. The number of nitrogens with one attached hydrogen (secondary N) is 1. The number of benzene rings is 2. The predicted octanol–water partition coefficient (Wildman–Crippen LogP) is 11.3. The minimum atomic E-state index is -0.398. The third kappa shape index (κ3) is 7.03. The summed E-state index contributed by atoms with van der Waals surface area (Å²) >= 11 is 0. The molecule has 1 aromatic heterocycles. The Kier molecular flexibility index (Phi) is 10.5. The molecular formula is C47H62N2O5. The number of carbonyl (C=O) groups excluding carboxylic acids is 1. The van der Waals surface area contributed by atoms with E-state index in [4.69, 9.17) is 13.9 Å². The normalized spacial score (nSPS) is 31.3. The number of fused-ring (bicyclic) bond motifs is 6. The van der Waals surface area contributed by atoms with Gasteiger partial charge in [0.1, 0.15) is 11.7 Å². The van der Waals surface area contributed by atoms with Crippen LogP contribution in [-0.4, -0.2) is 38.5 Å². The van der Waals surface area contributed by atoms with Crippen LogP contribution < -0.4 is 15.6 Å². The van der Waals surface area contributed by atoms with E-state index in [9.17, 15) is 9.59 Å². The maximum Gasteiger partial charge on any atom is 0.411 e. The molecule has 0 radical (unpaired) electrons. The number of amides is 1. The molecule has 8 atom stereocenters. The minimum Gasteiger partial charge on any atom is -0.446 e. The number of hydrogen-bond donors (Lipinski definition) is 1. The molecule has 0 bridgehead atoms. The van der Waals surface area contributed by atoms with Crippen molar-refractivity contribution >= 4 is 28.6 Å². The average Bonchev–Trinajstić information content (AvgIpc) is 3.52. The summed E-state index contributed by atoms with van der Waals surface area (Å²) in [6.45, 7) is 15.1. The van der Waals surface area contributed by atoms with Gasteiger partial charge in [0.05, 0.1) is 18.6 Å². The first kappa shape index (κ1) is 37.3. The number of para-hydroxylation sites is 1. The largest absolute Gasteiger partial charge is 0.446 e. The fraction of sp³-hybridized carbons (Fsp3) is 0.617. The molecule has 4 fully saturated rings. The van der Waals surface area contributed by atoms with Crippen LogP contribution >= 0.6 is 0 Å². The highest BCUT2D eigenvalue weighted by atomic mass is 16.6. The molecule has 1 saturated heterocycles. The Morgan fingerprint density at radius 2 is 1.76 bits per heavy atom. The molecule has 5 aliphatic rings. The first-order valence-corrected chi connectivity index (χ1v) is 21.2. The van der Waals surface area contributed by atoms with Gasteiger partial charge in [0, 0.05) is 36.8 Å². The van der Waals surface area contributed by atoms with E-state index >= 15 is 0 Å². The number of carbonyl (C=O) groups is 1. The Bertz CT molecular complexity index is 1910. The van der Waals surface area contributed by atoms with Crippen LogP contribution in [0.2, 0.25) is 0 Å². The van der Waals surface area contributed by atoms with Crippen LogP contribution in [0.4, 0.5) is 16.4 Å². The summed E-state index contributed by atoms with van der Waals surface area (Å²) in [5, 5.41) is 3.53. The summed E-state index contributed by atoms with van der Waals surface area (Å²) in [5.41, 5.74) is 5.18. The number of ether oxygens (including phenoxy) is 2. The van der Waals surface area contributed by atoms with Crippen LogP contribution in [0, 0.1) is 46.3 Å². The molecule has 1 aliphatic heterocycles. The van der Waals surface area contributed by atoms with Crippen molar-refractivity contribution in [3.63, 3.8) is 0 Å². The molecule has 2 heterocycles. The predicted molar refractivity (Wildman–Crippen MR) is 218 cm³/mol. The smallest absolute Gasteiger partial charge is 0.411 e. The second kappa shape index (κ2) is 15.2. The standard InChI is InChI=1S/C47H62N2O5/c1-30(2)8-6-9-31(3)39-18-19-40-37-17-14-33-28-35(20-22-46(33,4)41(37)21-23-47(39,40)5)53-45(51)48-34-15-12-32(13-16-34)36-10-7-11-38-42(50)29-43(54-44(36)38)49-24-26-52-27-25-49/h7,10-16,29-31,35,37,39-41H,6,8-9,17-28H2,1-5H3,(H,48,51)/t31-,35?,37?,39?,40+,41+,46?,47?/m1/s1. The van der Waals surface area contributed by atoms with Gasteiger partial charge in [-0.15, -0.1) is 0 Å². The Morgan fingerprint density at radius 1 is 0.963 bits per heavy atom. The number of anilines is 2. The van der Waals surface area contributed by atoms with Crippen LogP contribution in [0.15, 0.2) is 69.4 Å². The Labute approximate surface area is 322 Å². The first-order chi connectivity index (χ1) is 26.0. The van der Waals surface area contributed by atoms with E-state index in [1.54, 1.807) is 12.1 Å². The van der Waals surface area contributed by atoms with Gasteiger partial charge < -0.3 is 18.8 Å². The van der Waals surface area contributed by atoms with E-state index in [0.29, 0.717) is 54.3 Å². The SMILES string of the molecule is CC(C)CCC[C@@H](C)C1CC[C@H]2C3CC=C4CC(OC(=O)Nc5ccc(-c6cccc7c(=O)cc(N8CCOCC8)oc67)cc5)CCC4(C)[C@H]3CCC12C. The van der Waals surface area contributed by atoms with E-state index in [2.05, 4.69) is 50.9 Å². The molecule has 1 amide bonds. The van der Waals surface area contributed by atoms with Crippen molar-refractivity contribution in [2.24, 2.45) is 46.3 Å². The van der Waals surface area contributed by atoms with Crippen molar-refractivity contribution in [2.45, 2.75) is 111 Å². The first-order valence-electron chi connectivity index (χ1n) is 21.2. The summed E-state index contributed by atoms with van der Waals surface area (Å²) in [6.07, 6.45) is 15.8. The van der Waals surface area contributed by atoms with Gasteiger partial charge in [0.15, 0.2) is 11.3 Å². The number of hydrogen-bond acceptors (Lipinski definition) is 6. The zero-order valence-electron chi connectivity index (χ0n) is 33.3. The molecular weight excluding hydrogens is 673 g/mol. The lowest BCUT2D eigenvalue weighted by molar-refractivity contribution is -0.0577. The quantitative estimate of drug-likeness (QED) is 0.220. The van der Waals surface area contributed by atoms with Crippen LogP contribution in [0.5, 0.6) is 0 Å². The van der Waals surface area contributed by atoms with Crippen LogP contribution in [0.1, 0.15) is 105 Å². The van der Waals surface area contributed by atoms with Crippen molar-refractivity contribution in [2.75, 3.05) is 36.5 Å². The molecule has 4 aliphatic carbocycles. The molecule has 54 heavy (non-hydrogen) atoms. The molecule has 8 rings (SSSR count). The van der Waals surface area contributed by atoms with E-state index in [0.717, 1.165) is 65.9 Å². The lowest BCUT2D eigenvalue weighted by Gasteiger charge is -2.58.